The standard InChI is InChI=1S/C19H21NO3S/c1-12(2)19(17-5-4-8-24-17)20-11-13-9-18(21)23-16-10-14(22-3)6-7-15(13)16/h4-10,12,19-20H,11H2,1-3H3/t19-/m1/s1. The molecule has 126 valence electrons. The van der Waals surface area contributed by atoms with Gasteiger partial charge in [0.25, 0.3) is 0 Å². The highest BCUT2D eigenvalue weighted by molar-refractivity contribution is 7.10. The number of rotatable bonds is 6. The van der Waals surface area contributed by atoms with Gasteiger partial charge in [-0.2, -0.15) is 0 Å². The Kier molecular flexibility index (Phi) is 5.02. The third kappa shape index (κ3) is 3.52. The number of methoxy groups -OCH3 is 1. The van der Waals surface area contributed by atoms with Crippen LogP contribution >= 0.6 is 11.3 Å². The molecule has 0 bridgehead atoms. The van der Waals surface area contributed by atoms with Crippen molar-refractivity contribution in [1.82, 2.24) is 5.32 Å². The molecule has 0 aliphatic carbocycles. The van der Waals surface area contributed by atoms with Crippen LogP contribution in [0.15, 0.2) is 51.0 Å². The molecular formula is C19H21NO3S. The number of ether oxygens (including phenoxy) is 1. The van der Waals surface area contributed by atoms with Crippen LogP contribution in [0.5, 0.6) is 5.75 Å². The molecule has 0 unspecified atom stereocenters. The van der Waals surface area contributed by atoms with Gasteiger partial charge in [0.05, 0.1) is 7.11 Å². The van der Waals surface area contributed by atoms with Gasteiger partial charge >= 0.3 is 5.63 Å². The Hall–Kier alpha value is -2.11. The molecule has 4 nitrogen and oxygen atoms in total. The smallest absolute Gasteiger partial charge is 0.336 e. The third-order valence-corrected chi connectivity index (χ3v) is 5.02. The van der Waals surface area contributed by atoms with Crippen molar-refractivity contribution in [3.8, 4) is 5.75 Å². The normalized spacial score (nSPS) is 12.7. The summed E-state index contributed by atoms with van der Waals surface area (Å²) < 4.78 is 10.5. The predicted molar refractivity (Wildman–Crippen MR) is 97.8 cm³/mol. The lowest BCUT2D eigenvalue weighted by atomic mass is 10.0. The molecular weight excluding hydrogens is 322 g/mol. The van der Waals surface area contributed by atoms with E-state index in [0.717, 1.165) is 10.9 Å². The van der Waals surface area contributed by atoms with Crippen LogP contribution in [0.2, 0.25) is 0 Å². The lowest BCUT2D eigenvalue weighted by Gasteiger charge is -2.21. The van der Waals surface area contributed by atoms with Crippen molar-refractivity contribution in [3.63, 3.8) is 0 Å². The van der Waals surface area contributed by atoms with Crippen LogP contribution in [-0.4, -0.2) is 7.11 Å². The zero-order valence-corrected chi connectivity index (χ0v) is 14.9. The minimum Gasteiger partial charge on any atom is -0.497 e. The molecule has 1 aromatic carbocycles. The predicted octanol–water partition coefficient (Wildman–Crippen LogP) is 4.35. The van der Waals surface area contributed by atoms with Crippen molar-refractivity contribution in [3.05, 3.63) is 62.6 Å². The highest BCUT2D eigenvalue weighted by Gasteiger charge is 2.17. The Morgan fingerprint density at radius 3 is 2.75 bits per heavy atom. The van der Waals surface area contributed by atoms with Crippen LogP contribution in [0, 0.1) is 5.92 Å². The molecule has 0 amide bonds. The number of nitrogens with one attached hydrogen (secondary N) is 1. The van der Waals surface area contributed by atoms with Gasteiger partial charge in [-0.3, -0.25) is 0 Å². The summed E-state index contributed by atoms with van der Waals surface area (Å²) in [6, 6.07) is 11.6. The maximum Gasteiger partial charge on any atom is 0.336 e. The summed E-state index contributed by atoms with van der Waals surface area (Å²) in [6.45, 7) is 4.99. The number of hydrogen-bond donors (Lipinski definition) is 1. The highest BCUT2D eigenvalue weighted by Crippen LogP contribution is 2.27. The van der Waals surface area contributed by atoms with Gasteiger partial charge in [-0.15, -0.1) is 11.3 Å². The molecule has 0 saturated carbocycles. The van der Waals surface area contributed by atoms with Crippen LogP contribution in [-0.2, 0) is 6.54 Å². The summed E-state index contributed by atoms with van der Waals surface area (Å²) in [7, 11) is 1.60. The SMILES string of the molecule is COc1ccc2c(CN[C@@H](c3cccs3)C(C)C)cc(=O)oc2c1. The maximum absolute atomic E-state index is 11.9. The second kappa shape index (κ2) is 7.20. The van der Waals surface area contributed by atoms with Crippen LogP contribution in [0.1, 0.15) is 30.3 Å². The van der Waals surface area contributed by atoms with Gasteiger partial charge in [0, 0.05) is 35.0 Å². The van der Waals surface area contributed by atoms with Gasteiger partial charge in [0.2, 0.25) is 0 Å². The summed E-state index contributed by atoms with van der Waals surface area (Å²) >= 11 is 1.75. The average Bonchev–Trinajstić information content (AvgIpc) is 3.08. The Morgan fingerprint density at radius 1 is 1.25 bits per heavy atom. The zero-order chi connectivity index (χ0) is 17.1. The van der Waals surface area contributed by atoms with Gasteiger partial charge < -0.3 is 14.5 Å². The van der Waals surface area contributed by atoms with E-state index in [2.05, 4.69) is 36.7 Å². The second-order valence-electron chi connectivity index (χ2n) is 6.07. The molecule has 0 fully saturated rings. The molecule has 3 aromatic rings. The monoisotopic (exact) mass is 343 g/mol. The number of hydrogen-bond acceptors (Lipinski definition) is 5. The van der Waals surface area contributed by atoms with Crippen molar-refractivity contribution in [2.24, 2.45) is 5.92 Å². The lowest BCUT2D eigenvalue weighted by Crippen LogP contribution is -2.25. The van der Waals surface area contributed by atoms with Gasteiger partial charge in [-0.05, 0) is 35.1 Å². The topological polar surface area (TPSA) is 51.5 Å². The van der Waals surface area contributed by atoms with E-state index in [1.54, 1.807) is 30.6 Å². The van der Waals surface area contributed by atoms with Gasteiger partial charge in [0.15, 0.2) is 0 Å². The fourth-order valence-electron chi connectivity index (χ4n) is 2.84. The highest BCUT2D eigenvalue weighted by atomic mass is 32.1. The summed E-state index contributed by atoms with van der Waals surface area (Å²) in [4.78, 5) is 13.2. The minimum absolute atomic E-state index is 0.255. The molecule has 5 heteroatoms. The lowest BCUT2D eigenvalue weighted by molar-refractivity contribution is 0.413. The Balaban J connectivity index is 1.90. The van der Waals surface area contributed by atoms with Gasteiger partial charge in [-0.25, -0.2) is 4.79 Å². The first-order chi connectivity index (χ1) is 11.6. The summed E-state index contributed by atoms with van der Waals surface area (Å²) in [5.41, 5.74) is 1.15. The average molecular weight is 343 g/mol. The number of thiophene rings is 1. The van der Waals surface area contributed by atoms with Crippen molar-refractivity contribution in [2.75, 3.05) is 7.11 Å². The van der Waals surface area contributed by atoms with E-state index in [-0.39, 0.29) is 11.7 Å². The number of benzene rings is 1. The van der Waals surface area contributed by atoms with E-state index in [0.29, 0.717) is 23.8 Å². The molecule has 2 aromatic heterocycles. The molecule has 3 rings (SSSR count). The van der Waals surface area contributed by atoms with Gasteiger partial charge in [0.1, 0.15) is 11.3 Å². The van der Waals surface area contributed by atoms with E-state index in [9.17, 15) is 4.79 Å². The fraction of sp³-hybridized carbons (Fsp3) is 0.316. The quantitative estimate of drug-likeness (QED) is 0.676. The molecule has 24 heavy (non-hydrogen) atoms. The summed E-state index contributed by atoms with van der Waals surface area (Å²) in [6.07, 6.45) is 0. The van der Waals surface area contributed by atoms with E-state index in [1.807, 2.05) is 12.1 Å². The Morgan fingerprint density at radius 2 is 2.08 bits per heavy atom. The molecule has 1 N–H and O–H groups in total. The Bertz CT molecular complexity index is 868. The Labute approximate surface area is 145 Å². The largest absolute Gasteiger partial charge is 0.497 e. The van der Waals surface area contributed by atoms with Crippen molar-refractivity contribution in [1.29, 1.82) is 0 Å². The van der Waals surface area contributed by atoms with E-state index in [4.69, 9.17) is 9.15 Å². The first-order valence-corrected chi connectivity index (χ1v) is 8.84. The van der Waals surface area contributed by atoms with Crippen LogP contribution in [0.25, 0.3) is 11.0 Å². The summed E-state index contributed by atoms with van der Waals surface area (Å²) in [5.74, 6) is 1.13. The van der Waals surface area contributed by atoms with Crippen molar-refractivity contribution in [2.45, 2.75) is 26.4 Å². The zero-order valence-electron chi connectivity index (χ0n) is 14.0. The fourth-order valence-corrected chi connectivity index (χ4v) is 3.81. The van der Waals surface area contributed by atoms with Crippen LogP contribution in [0.4, 0.5) is 0 Å². The number of fused-ring (bicyclic) bond motifs is 1. The van der Waals surface area contributed by atoms with Crippen LogP contribution < -0.4 is 15.7 Å². The minimum atomic E-state index is -0.343. The first kappa shape index (κ1) is 16.7. The molecule has 2 heterocycles. The second-order valence-corrected chi connectivity index (χ2v) is 7.05. The van der Waals surface area contributed by atoms with Crippen molar-refractivity contribution >= 4 is 22.3 Å². The van der Waals surface area contributed by atoms with E-state index < -0.39 is 0 Å². The van der Waals surface area contributed by atoms with E-state index >= 15 is 0 Å². The molecule has 0 radical (unpaired) electrons. The first-order valence-electron chi connectivity index (χ1n) is 7.96. The third-order valence-electron chi connectivity index (χ3n) is 4.07. The maximum atomic E-state index is 11.9. The summed E-state index contributed by atoms with van der Waals surface area (Å²) in [5, 5.41) is 6.60. The molecule has 1 atom stereocenters. The molecule has 0 saturated heterocycles. The molecule has 0 spiro atoms. The molecule has 0 aliphatic heterocycles. The molecule has 0 aliphatic rings. The van der Waals surface area contributed by atoms with E-state index in [1.165, 1.54) is 4.88 Å². The van der Waals surface area contributed by atoms with Crippen LogP contribution in [0.3, 0.4) is 0 Å². The van der Waals surface area contributed by atoms with Gasteiger partial charge in [-0.1, -0.05) is 19.9 Å². The van der Waals surface area contributed by atoms with Crippen molar-refractivity contribution < 1.29 is 9.15 Å².